The van der Waals surface area contributed by atoms with Crippen LogP contribution in [0.15, 0.2) is 12.1 Å². The van der Waals surface area contributed by atoms with Crippen LogP contribution in [-0.2, 0) is 0 Å². The first kappa shape index (κ1) is 10.8. The number of rotatable bonds is 3. The van der Waals surface area contributed by atoms with Gasteiger partial charge in [0.05, 0.1) is 19.8 Å². The molecule has 1 aromatic rings. The highest BCUT2D eigenvalue weighted by molar-refractivity contribution is 5.47. The largest absolute Gasteiger partial charge is 0.496 e. The minimum absolute atomic E-state index is 0.152. The molecular formula is C10H14FNO2. The second-order valence-corrected chi connectivity index (χ2v) is 2.99. The van der Waals surface area contributed by atoms with E-state index in [0.29, 0.717) is 11.3 Å². The van der Waals surface area contributed by atoms with Gasteiger partial charge in [0.15, 0.2) is 11.6 Å². The van der Waals surface area contributed by atoms with E-state index in [2.05, 4.69) is 0 Å². The molecule has 0 unspecified atom stereocenters. The highest BCUT2D eigenvalue weighted by Crippen LogP contribution is 2.34. The third-order valence-corrected chi connectivity index (χ3v) is 1.99. The SMILES string of the molecule is COc1ccc(F)c(OC)c1[C@@H](C)N. The van der Waals surface area contributed by atoms with Crippen molar-refractivity contribution in [1.82, 2.24) is 0 Å². The first-order chi connectivity index (χ1) is 6.61. The van der Waals surface area contributed by atoms with E-state index in [1.165, 1.54) is 26.4 Å². The fourth-order valence-electron chi connectivity index (χ4n) is 1.37. The molecule has 2 N–H and O–H groups in total. The van der Waals surface area contributed by atoms with Gasteiger partial charge in [0.2, 0.25) is 0 Å². The zero-order valence-electron chi connectivity index (χ0n) is 8.50. The summed E-state index contributed by atoms with van der Waals surface area (Å²) >= 11 is 0. The van der Waals surface area contributed by atoms with Crippen LogP contribution in [0.25, 0.3) is 0 Å². The molecule has 3 nitrogen and oxygen atoms in total. The topological polar surface area (TPSA) is 44.5 Å². The average molecular weight is 199 g/mol. The van der Waals surface area contributed by atoms with Crippen molar-refractivity contribution in [2.75, 3.05) is 14.2 Å². The van der Waals surface area contributed by atoms with Crippen LogP contribution in [0.2, 0.25) is 0 Å². The van der Waals surface area contributed by atoms with Gasteiger partial charge < -0.3 is 15.2 Å². The van der Waals surface area contributed by atoms with Crippen molar-refractivity contribution in [2.24, 2.45) is 5.73 Å². The number of nitrogens with two attached hydrogens (primary N) is 1. The Bertz CT molecular complexity index is 326. The van der Waals surface area contributed by atoms with E-state index < -0.39 is 5.82 Å². The standard InChI is InChI=1S/C10H14FNO2/c1-6(12)9-8(13-2)5-4-7(11)10(9)14-3/h4-6H,12H2,1-3H3/t6-/m1/s1. The smallest absolute Gasteiger partial charge is 0.165 e. The molecule has 0 aliphatic carbocycles. The molecule has 0 saturated heterocycles. The molecule has 0 amide bonds. The molecule has 1 aromatic carbocycles. The van der Waals surface area contributed by atoms with Crippen LogP contribution in [0.3, 0.4) is 0 Å². The third-order valence-electron chi connectivity index (χ3n) is 1.99. The van der Waals surface area contributed by atoms with Crippen LogP contribution in [-0.4, -0.2) is 14.2 Å². The van der Waals surface area contributed by atoms with Gasteiger partial charge >= 0.3 is 0 Å². The minimum atomic E-state index is -0.430. The van der Waals surface area contributed by atoms with Crippen molar-refractivity contribution >= 4 is 0 Å². The van der Waals surface area contributed by atoms with Gasteiger partial charge in [-0.05, 0) is 19.1 Å². The Hall–Kier alpha value is -1.29. The van der Waals surface area contributed by atoms with Crippen molar-refractivity contribution in [3.8, 4) is 11.5 Å². The Morgan fingerprint density at radius 1 is 1.29 bits per heavy atom. The van der Waals surface area contributed by atoms with Gasteiger partial charge in [0, 0.05) is 6.04 Å². The number of benzene rings is 1. The molecule has 0 fully saturated rings. The summed E-state index contributed by atoms with van der Waals surface area (Å²) < 4.78 is 23.3. The highest BCUT2D eigenvalue weighted by Gasteiger charge is 2.17. The monoisotopic (exact) mass is 199 g/mol. The van der Waals surface area contributed by atoms with Crippen LogP contribution >= 0.6 is 0 Å². The molecule has 0 spiro atoms. The number of hydrogen-bond acceptors (Lipinski definition) is 3. The summed E-state index contributed by atoms with van der Waals surface area (Å²) in [7, 11) is 2.92. The second-order valence-electron chi connectivity index (χ2n) is 2.99. The number of halogens is 1. The molecule has 1 atom stereocenters. The van der Waals surface area contributed by atoms with Crippen LogP contribution in [0, 0.1) is 5.82 Å². The lowest BCUT2D eigenvalue weighted by atomic mass is 10.1. The third kappa shape index (κ3) is 1.80. The fourth-order valence-corrected chi connectivity index (χ4v) is 1.37. The number of hydrogen-bond donors (Lipinski definition) is 1. The van der Waals surface area contributed by atoms with Crippen LogP contribution in [0.1, 0.15) is 18.5 Å². The van der Waals surface area contributed by atoms with Gasteiger partial charge in [-0.25, -0.2) is 4.39 Å². The number of methoxy groups -OCH3 is 2. The molecule has 4 heteroatoms. The van der Waals surface area contributed by atoms with E-state index in [0.717, 1.165) is 0 Å². The predicted molar refractivity (Wildman–Crippen MR) is 52.1 cm³/mol. The molecule has 0 radical (unpaired) electrons. The molecule has 0 aromatic heterocycles. The summed E-state index contributed by atoms with van der Waals surface area (Å²) in [5, 5.41) is 0. The first-order valence-corrected chi connectivity index (χ1v) is 4.27. The van der Waals surface area contributed by atoms with E-state index in [4.69, 9.17) is 15.2 Å². The zero-order chi connectivity index (χ0) is 10.7. The minimum Gasteiger partial charge on any atom is -0.496 e. The van der Waals surface area contributed by atoms with Crippen molar-refractivity contribution < 1.29 is 13.9 Å². The molecule has 0 aliphatic heterocycles. The van der Waals surface area contributed by atoms with Crippen LogP contribution in [0.4, 0.5) is 4.39 Å². The molecule has 1 rings (SSSR count). The Balaban J connectivity index is 3.36. The summed E-state index contributed by atoms with van der Waals surface area (Å²) in [4.78, 5) is 0. The van der Waals surface area contributed by atoms with Crippen molar-refractivity contribution in [2.45, 2.75) is 13.0 Å². The highest BCUT2D eigenvalue weighted by atomic mass is 19.1. The van der Waals surface area contributed by atoms with Crippen molar-refractivity contribution in [3.05, 3.63) is 23.5 Å². The summed E-state index contributed by atoms with van der Waals surface area (Å²) in [6.07, 6.45) is 0. The lowest BCUT2D eigenvalue weighted by Crippen LogP contribution is -2.10. The van der Waals surface area contributed by atoms with E-state index in [1.807, 2.05) is 0 Å². The van der Waals surface area contributed by atoms with E-state index in [-0.39, 0.29) is 11.8 Å². The summed E-state index contributed by atoms with van der Waals surface area (Å²) in [5.74, 6) is 0.262. The molecule has 0 saturated carbocycles. The molecule has 78 valence electrons. The van der Waals surface area contributed by atoms with Gasteiger partial charge in [-0.15, -0.1) is 0 Å². The maximum atomic E-state index is 13.3. The Morgan fingerprint density at radius 2 is 1.93 bits per heavy atom. The van der Waals surface area contributed by atoms with Gasteiger partial charge in [0.1, 0.15) is 5.75 Å². The fraction of sp³-hybridized carbons (Fsp3) is 0.400. The lowest BCUT2D eigenvalue weighted by Gasteiger charge is -2.16. The summed E-state index contributed by atoms with van der Waals surface area (Å²) in [5.41, 5.74) is 6.26. The molecule has 14 heavy (non-hydrogen) atoms. The molecule has 0 aliphatic rings. The normalized spacial score (nSPS) is 12.4. The van der Waals surface area contributed by atoms with Crippen LogP contribution in [0.5, 0.6) is 11.5 Å². The molecule has 0 bridgehead atoms. The van der Waals surface area contributed by atoms with Crippen LogP contribution < -0.4 is 15.2 Å². The Labute approximate surface area is 82.6 Å². The second kappa shape index (κ2) is 4.28. The van der Waals surface area contributed by atoms with Gasteiger partial charge in [-0.2, -0.15) is 0 Å². The quantitative estimate of drug-likeness (QED) is 0.808. The van der Waals surface area contributed by atoms with E-state index in [1.54, 1.807) is 6.92 Å². The molecular weight excluding hydrogens is 185 g/mol. The maximum Gasteiger partial charge on any atom is 0.165 e. The van der Waals surface area contributed by atoms with Gasteiger partial charge in [0.25, 0.3) is 0 Å². The Kier molecular flexibility index (Phi) is 3.30. The summed E-state index contributed by atoms with van der Waals surface area (Å²) in [6.45, 7) is 1.75. The summed E-state index contributed by atoms with van der Waals surface area (Å²) in [6, 6.07) is 2.50. The lowest BCUT2D eigenvalue weighted by molar-refractivity contribution is 0.361. The van der Waals surface area contributed by atoms with E-state index in [9.17, 15) is 4.39 Å². The van der Waals surface area contributed by atoms with Gasteiger partial charge in [-0.3, -0.25) is 0 Å². The first-order valence-electron chi connectivity index (χ1n) is 4.27. The zero-order valence-corrected chi connectivity index (χ0v) is 8.50. The maximum absolute atomic E-state index is 13.3. The molecule has 0 heterocycles. The van der Waals surface area contributed by atoms with Gasteiger partial charge in [-0.1, -0.05) is 0 Å². The Morgan fingerprint density at radius 3 is 2.36 bits per heavy atom. The van der Waals surface area contributed by atoms with Crippen molar-refractivity contribution in [1.29, 1.82) is 0 Å². The number of ether oxygens (including phenoxy) is 2. The average Bonchev–Trinajstić information content (AvgIpc) is 2.17. The van der Waals surface area contributed by atoms with E-state index >= 15 is 0 Å². The van der Waals surface area contributed by atoms with Crippen molar-refractivity contribution in [3.63, 3.8) is 0 Å². The predicted octanol–water partition coefficient (Wildman–Crippen LogP) is 1.86.